The Bertz CT molecular complexity index is 726. The molecule has 0 saturated heterocycles. The highest BCUT2D eigenvalue weighted by Crippen LogP contribution is 2.28. The molecule has 3 aromatic rings. The van der Waals surface area contributed by atoms with Crippen LogP contribution in [0.4, 0.5) is 0 Å². The molecule has 0 N–H and O–H groups in total. The van der Waals surface area contributed by atoms with Gasteiger partial charge in [0, 0.05) is 0 Å². The van der Waals surface area contributed by atoms with Crippen molar-refractivity contribution in [3.63, 3.8) is 0 Å². The second kappa shape index (κ2) is 4.53. The van der Waals surface area contributed by atoms with Crippen LogP contribution in [-0.4, -0.2) is 7.11 Å². The van der Waals surface area contributed by atoms with Gasteiger partial charge in [-0.3, -0.25) is 0 Å². The molecule has 0 saturated carbocycles. The maximum atomic E-state index is 5.00. The van der Waals surface area contributed by atoms with E-state index in [0.29, 0.717) is 0 Å². The Morgan fingerprint density at radius 3 is 2.50 bits per heavy atom. The summed E-state index contributed by atoms with van der Waals surface area (Å²) in [5, 5.41) is 5.11. The van der Waals surface area contributed by atoms with Gasteiger partial charge < -0.3 is 4.74 Å². The number of methoxy groups -OCH3 is 1. The second-order valence-electron chi connectivity index (χ2n) is 4.27. The largest absolute Gasteiger partial charge is 0.504 e. The molecule has 0 aliphatic carbocycles. The predicted octanol–water partition coefficient (Wildman–Crippen LogP) is 4.61. The third kappa shape index (κ3) is 1.74. The molecule has 3 rings (SSSR count). The molecule has 88 valence electrons. The van der Waals surface area contributed by atoms with Gasteiger partial charge in [-0.1, -0.05) is 54.6 Å². The molecule has 1 heteroatoms. The third-order valence-electron chi connectivity index (χ3n) is 3.20. The van der Waals surface area contributed by atoms with Gasteiger partial charge in [0.2, 0.25) is 0 Å². The molecule has 0 aromatic heterocycles. The maximum Gasteiger partial charge on any atom is 0.0830 e. The van der Waals surface area contributed by atoms with Crippen molar-refractivity contribution in [1.29, 1.82) is 0 Å². The minimum Gasteiger partial charge on any atom is -0.504 e. The van der Waals surface area contributed by atoms with E-state index in [9.17, 15) is 0 Å². The summed E-state index contributed by atoms with van der Waals surface area (Å²) >= 11 is 0. The topological polar surface area (TPSA) is 9.23 Å². The molecule has 0 aliphatic rings. The Balaban J connectivity index is 2.36. The molecule has 0 atom stereocenters. The highest BCUT2D eigenvalue weighted by atomic mass is 16.5. The quantitative estimate of drug-likeness (QED) is 0.464. The molecular formula is C17H14O. The monoisotopic (exact) mass is 234 g/mol. The summed E-state index contributed by atoms with van der Waals surface area (Å²) in [6.45, 7) is 0. The van der Waals surface area contributed by atoms with Crippen LogP contribution in [-0.2, 0) is 4.74 Å². The second-order valence-corrected chi connectivity index (χ2v) is 4.27. The first-order chi connectivity index (χ1) is 8.90. The molecule has 18 heavy (non-hydrogen) atoms. The van der Waals surface area contributed by atoms with Gasteiger partial charge in [0.15, 0.2) is 0 Å². The van der Waals surface area contributed by atoms with Crippen molar-refractivity contribution in [1.82, 2.24) is 0 Å². The number of ether oxygens (including phenoxy) is 1. The van der Waals surface area contributed by atoms with E-state index in [1.807, 2.05) is 6.08 Å². The van der Waals surface area contributed by atoms with Crippen LogP contribution in [0.15, 0.2) is 60.9 Å². The Morgan fingerprint density at radius 2 is 1.61 bits per heavy atom. The smallest absolute Gasteiger partial charge is 0.0830 e. The van der Waals surface area contributed by atoms with E-state index in [2.05, 4.69) is 54.6 Å². The molecule has 0 fully saturated rings. The van der Waals surface area contributed by atoms with Gasteiger partial charge in [0.25, 0.3) is 0 Å². The van der Waals surface area contributed by atoms with Gasteiger partial charge in [0.1, 0.15) is 0 Å². The number of fused-ring (bicyclic) bond motifs is 3. The standard InChI is InChI=1S/C17H14O/c1-18-12-11-14-6-4-8-17-15-7-3-2-5-13(15)9-10-16(14)17/h2-12H,1H3. The van der Waals surface area contributed by atoms with Crippen molar-refractivity contribution in [2.24, 2.45) is 0 Å². The molecule has 3 aromatic carbocycles. The number of hydrogen-bond donors (Lipinski definition) is 0. The average molecular weight is 234 g/mol. The minimum atomic E-state index is 1.18. The lowest BCUT2D eigenvalue weighted by Crippen LogP contribution is -1.81. The summed E-state index contributed by atoms with van der Waals surface area (Å²) in [7, 11) is 1.66. The van der Waals surface area contributed by atoms with Crippen molar-refractivity contribution in [2.45, 2.75) is 0 Å². The van der Waals surface area contributed by atoms with Crippen LogP contribution < -0.4 is 0 Å². The Labute approximate surface area is 106 Å². The van der Waals surface area contributed by atoms with Crippen LogP contribution in [0.3, 0.4) is 0 Å². The fourth-order valence-corrected chi connectivity index (χ4v) is 2.35. The van der Waals surface area contributed by atoms with Gasteiger partial charge in [0.05, 0.1) is 13.4 Å². The number of hydrogen-bond acceptors (Lipinski definition) is 1. The zero-order valence-corrected chi connectivity index (χ0v) is 10.3. The number of benzene rings is 3. The van der Waals surface area contributed by atoms with E-state index >= 15 is 0 Å². The maximum absolute atomic E-state index is 5.00. The van der Waals surface area contributed by atoms with Gasteiger partial charge in [-0.25, -0.2) is 0 Å². The van der Waals surface area contributed by atoms with E-state index in [4.69, 9.17) is 4.74 Å². The zero-order valence-electron chi connectivity index (χ0n) is 10.3. The third-order valence-corrected chi connectivity index (χ3v) is 3.20. The normalized spacial score (nSPS) is 11.4. The summed E-state index contributed by atoms with van der Waals surface area (Å²) in [5.74, 6) is 0. The van der Waals surface area contributed by atoms with Gasteiger partial charge in [-0.2, -0.15) is 0 Å². The van der Waals surface area contributed by atoms with E-state index in [-0.39, 0.29) is 0 Å². The van der Waals surface area contributed by atoms with E-state index in [1.165, 1.54) is 27.1 Å². The zero-order chi connectivity index (χ0) is 12.4. The minimum absolute atomic E-state index is 1.18. The first-order valence-corrected chi connectivity index (χ1v) is 6.00. The van der Waals surface area contributed by atoms with Crippen LogP contribution in [0.5, 0.6) is 0 Å². The molecule has 0 aliphatic heterocycles. The first-order valence-electron chi connectivity index (χ1n) is 6.00. The van der Waals surface area contributed by atoms with Crippen molar-refractivity contribution in [3.8, 4) is 0 Å². The van der Waals surface area contributed by atoms with Crippen molar-refractivity contribution < 1.29 is 4.74 Å². The molecule has 1 nitrogen and oxygen atoms in total. The molecule has 0 unspecified atom stereocenters. The molecular weight excluding hydrogens is 220 g/mol. The Kier molecular flexibility index (Phi) is 2.73. The van der Waals surface area contributed by atoms with Gasteiger partial charge in [-0.05, 0) is 33.2 Å². The molecule has 0 spiro atoms. The molecule has 0 amide bonds. The molecule has 0 bridgehead atoms. The fraction of sp³-hybridized carbons (Fsp3) is 0.0588. The summed E-state index contributed by atoms with van der Waals surface area (Å²) in [6, 6.07) is 19.2. The fourth-order valence-electron chi connectivity index (χ4n) is 2.35. The molecule has 0 radical (unpaired) electrons. The van der Waals surface area contributed by atoms with E-state index < -0.39 is 0 Å². The summed E-state index contributed by atoms with van der Waals surface area (Å²) < 4.78 is 5.00. The van der Waals surface area contributed by atoms with Crippen LogP contribution in [0.2, 0.25) is 0 Å². The van der Waals surface area contributed by atoms with Crippen LogP contribution >= 0.6 is 0 Å². The average Bonchev–Trinajstić information content (AvgIpc) is 2.44. The highest BCUT2D eigenvalue weighted by molar-refractivity contribution is 6.09. The summed E-state index contributed by atoms with van der Waals surface area (Å²) in [4.78, 5) is 0. The summed E-state index contributed by atoms with van der Waals surface area (Å²) in [6.07, 6.45) is 3.71. The molecule has 0 heterocycles. The SMILES string of the molecule is COC=Cc1cccc2c1ccc1ccccc12. The predicted molar refractivity (Wildman–Crippen MR) is 77.5 cm³/mol. The van der Waals surface area contributed by atoms with Crippen molar-refractivity contribution in [3.05, 3.63) is 66.4 Å². The Hall–Kier alpha value is -2.28. The van der Waals surface area contributed by atoms with Crippen LogP contribution in [0, 0.1) is 0 Å². The van der Waals surface area contributed by atoms with Crippen LogP contribution in [0.1, 0.15) is 5.56 Å². The van der Waals surface area contributed by atoms with Crippen LogP contribution in [0.25, 0.3) is 27.6 Å². The summed E-state index contributed by atoms with van der Waals surface area (Å²) in [5.41, 5.74) is 1.18. The van der Waals surface area contributed by atoms with Crippen molar-refractivity contribution in [2.75, 3.05) is 7.11 Å². The van der Waals surface area contributed by atoms with E-state index in [0.717, 1.165) is 0 Å². The van der Waals surface area contributed by atoms with Gasteiger partial charge in [-0.15, -0.1) is 0 Å². The lowest BCUT2D eigenvalue weighted by Gasteiger charge is -2.06. The lowest BCUT2D eigenvalue weighted by molar-refractivity contribution is 0.341. The van der Waals surface area contributed by atoms with E-state index in [1.54, 1.807) is 13.4 Å². The highest BCUT2D eigenvalue weighted by Gasteiger charge is 2.02. The van der Waals surface area contributed by atoms with Crippen molar-refractivity contribution >= 4 is 27.6 Å². The number of rotatable bonds is 2. The Morgan fingerprint density at radius 1 is 0.778 bits per heavy atom. The first kappa shape index (κ1) is 10.8. The lowest BCUT2D eigenvalue weighted by atomic mass is 9.98. The van der Waals surface area contributed by atoms with Gasteiger partial charge >= 0.3 is 0 Å².